The number of nitrogens with zero attached hydrogens (tertiary/aromatic N) is 1. The van der Waals surface area contributed by atoms with Crippen molar-refractivity contribution in [2.75, 3.05) is 19.6 Å². The standard InChI is InChI=1S/C16H32N2/c1-6-16(7-2,18-11-9-10-12-18)15(17-8-3)13-14(4)5/h13,15,17H,6-12H2,1-5H3. The lowest BCUT2D eigenvalue weighted by atomic mass is 9.81. The zero-order valence-corrected chi connectivity index (χ0v) is 13.1. The Labute approximate surface area is 114 Å². The number of rotatable bonds is 7. The summed E-state index contributed by atoms with van der Waals surface area (Å²) in [4.78, 5) is 2.74. The van der Waals surface area contributed by atoms with Crippen LogP contribution >= 0.6 is 0 Å². The molecule has 1 aliphatic heterocycles. The summed E-state index contributed by atoms with van der Waals surface area (Å²) in [5.41, 5.74) is 1.73. The van der Waals surface area contributed by atoms with Crippen molar-refractivity contribution in [3.8, 4) is 0 Å². The van der Waals surface area contributed by atoms with Gasteiger partial charge < -0.3 is 5.32 Å². The van der Waals surface area contributed by atoms with E-state index in [-0.39, 0.29) is 0 Å². The van der Waals surface area contributed by atoms with Crippen LogP contribution in [0.1, 0.15) is 60.3 Å². The highest BCUT2D eigenvalue weighted by molar-refractivity contribution is 5.12. The Bertz CT molecular complexity index is 256. The van der Waals surface area contributed by atoms with Crippen LogP contribution in [0.25, 0.3) is 0 Å². The minimum atomic E-state index is 0.309. The van der Waals surface area contributed by atoms with E-state index in [1.165, 1.54) is 44.3 Å². The topological polar surface area (TPSA) is 15.3 Å². The first-order chi connectivity index (χ1) is 8.60. The van der Waals surface area contributed by atoms with E-state index in [9.17, 15) is 0 Å². The number of nitrogens with one attached hydrogen (secondary N) is 1. The Morgan fingerprint density at radius 1 is 1.17 bits per heavy atom. The third kappa shape index (κ3) is 3.36. The minimum Gasteiger partial charge on any atom is -0.309 e. The van der Waals surface area contributed by atoms with Crippen LogP contribution in [0.5, 0.6) is 0 Å². The Morgan fingerprint density at radius 3 is 2.11 bits per heavy atom. The van der Waals surface area contributed by atoms with E-state index < -0.39 is 0 Å². The van der Waals surface area contributed by atoms with Crippen molar-refractivity contribution < 1.29 is 0 Å². The number of hydrogen-bond acceptors (Lipinski definition) is 2. The van der Waals surface area contributed by atoms with Crippen LogP contribution in [0.15, 0.2) is 11.6 Å². The van der Waals surface area contributed by atoms with Gasteiger partial charge in [-0.2, -0.15) is 0 Å². The van der Waals surface area contributed by atoms with E-state index >= 15 is 0 Å². The predicted octanol–water partition coefficient (Wildman–Crippen LogP) is 3.59. The Balaban J connectivity index is 3.00. The SMILES string of the molecule is CCNC(C=C(C)C)C(CC)(CC)N1CCCC1. The lowest BCUT2D eigenvalue weighted by Crippen LogP contribution is -2.59. The van der Waals surface area contributed by atoms with Crippen LogP contribution in [0.2, 0.25) is 0 Å². The third-order valence-electron chi connectivity index (χ3n) is 4.46. The molecule has 1 saturated heterocycles. The summed E-state index contributed by atoms with van der Waals surface area (Å²) in [6.07, 6.45) is 7.63. The minimum absolute atomic E-state index is 0.309. The zero-order chi connectivity index (χ0) is 13.6. The fourth-order valence-electron chi connectivity index (χ4n) is 3.45. The number of allylic oxidation sites excluding steroid dienone is 1. The summed E-state index contributed by atoms with van der Waals surface area (Å²) >= 11 is 0. The summed E-state index contributed by atoms with van der Waals surface area (Å²) in [6.45, 7) is 14.9. The van der Waals surface area contributed by atoms with Gasteiger partial charge in [-0.25, -0.2) is 0 Å². The highest BCUT2D eigenvalue weighted by Crippen LogP contribution is 2.32. The van der Waals surface area contributed by atoms with Crippen molar-refractivity contribution in [2.45, 2.75) is 71.9 Å². The monoisotopic (exact) mass is 252 g/mol. The molecule has 0 aromatic heterocycles. The molecule has 1 aliphatic rings. The largest absolute Gasteiger partial charge is 0.309 e. The smallest absolute Gasteiger partial charge is 0.0438 e. The molecule has 0 spiro atoms. The molecule has 2 nitrogen and oxygen atoms in total. The average molecular weight is 252 g/mol. The second-order valence-electron chi connectivity index (χ2n) is 5.78. The number of hydrogen-bond donors (Lipinski definition) is 1. The van der Waals surface area contributed by atoms with Gasteiger partial charge in [-0.1, -0.05) is 32.4 Å². The van der Waals surface area contributed by atoms with E-state index in [0.717, 1.165) is 6.54 Å². The van der Waals surface area contributed by atoms with Crippen LogP contribution in [-0.2, 0) is 0 Å². The van der Waals surface area contributed by atoms with Crippen LogP contribution in [0.4, 0.5) is 0 Å². The third-order valence-corrected chi connectivity index (χ3v) is 4.46. The van der Waals surface area contributed by atoms with Crippen LogP contribution in [0, 0.1) is 0 Å². The molecule has 2 heteroatoms. The predicted molar refractivity (Wildman–Crippen MR) is 81.0 cm³/mol. The Hall–Kier alpha value is -0.340. The van der Waals surface area contributed by atoms with Gasteiger partial charge in [0.15, 0.2) is 0 Å². The molecule has 1 rings (SSSR count). The first kappa shape index (κ1) is 15.7. The fraction of sp³-hybridized carbons (Fsp3) is 0.875. The molecule has 0 bridgehead atoms. The molecule has 1 atom stereocenters. The van der Waals surface area contributed by atoms with Crippen molar-refractivity contribution in [3.63, 3.8) is 0 Å². The summed E-state index contributed by atoms with van der Waals surface area (Å²) in [5, 5.41) is 3.72. The maximum Gasteiger partial charge on any atom is 0.0438 e. The highest BCUT2D eigenvalue weighted by Gasteiger charge is 2.40. The molecule has 0 amide bonds. The molecule has 1 fully saturated rings. The van der Waals surface area contributed by atoms with Gasteiger partial charge in [0, 0.05) is 11.6 Å². The van der Waals surface area contributed by atoms with Gasteiger partial charge in [0.1, 0.15) is 0 Å². The molecule has 1 heterocycles. The molecule has 0 saturated carbocycles. The lowest BCUT2D eigenvalue weighted by Gasteiger charge is -2.46. The summed E-state index contributed by atoms with van der Waals surface area (Å²) in [5.74, 6) is 0. The van der Waals surface area contributed by atoms with Gasteiger partial charge in [-0.15, -0.1) is 0 Å². The van der Waals surface area contributed by atoms with Gasteiger partial charge >= 0.3 is 0 Å². The van der Waals surface area contributed by atoms with Gasteiger partial charge in [-0.3, -0.25) is 4.90 Å². The lowest BCUT2D eigenvalue weighted by molar-refractivity contribution is 0.0792. The Morgan fingerprint density at radius 2 is 1.72 bits per heavy atom. The fourth-order valence-corrected chi connectivity index (χ4v) is 3.45. The van der Waals surface area contributed by atoms with Crippen molar-refractivity contribution >= 4 is 0 Å². The molecule has 1 N–H and O–H groups in total. The van der Waals surface area contributed by atoms with E-state index in [0.29, 0.717) is 11.6 Å². The summed E-state index contributed by atoms with van der Waals surface area (Å²) in [6, 6.07) is 0.487. The number of likely N-dealkylation sites (tertiary alicyclic amines) is 1. The van der Waals surface area contributed by atoms with Crippen molar-refractivity contribution in [2.24, 2.45) is 0 Å². The second kappa shape index (κ2) is 7.30. The van der Waals surface area contributed by atoms with E-state index in [2.05, 4.69) is 50.9 Å². The quantitative estimate of drug-likeness (QED) is 0.697. The Kier molecular flexibility index (Phi) is 6.37. The van der Waals surface area contributed by atoms with Crippen molar-refractivity contribution in [3.05, 3.63) is 11.6 Å². The van der Waals surface area contributed by atoms with E-state index in [1.54, 1.807) is 0 Å². The molecule has 18 heavy (non-hydrogen) atoms. The first-order valence-electron chi connectivity index (χ1n) is 7.74. The first-order valence-corrected chi connectivity index (χ1v) is 7.74. The highest BCUT2D eigenvalue weighted by atomic mass is 15.2. The van der Waals surface area contributed by atoms with Gasteiger partial charge in [0.2, 0.25) is 0 Å². The number of likely N-dealkylation sites (N-methyl/N-ethyl adjacent to an activating group) is 1. The van der Waals surface area contributed by atoms with Crippen LogP contribution < -0.4 is 5.32 Å². The zero-order valence-electron chi connectivity index (χ0n) is 13.1. The molecular weight excluding hydrogens is 220 g/mol. The van der Waals surface area contributed by atoms with Crippen LogP contribution in [-0.4, -0.2) is 36.1 Å². The molecule has 0 radical (unpaired) electrons. The summed E-state index contributed by atoms with van der Waals surface area (Å²) < 4.78 is 0. The normalized spacial score (nSPS) is 18.9. The maximum absolute atomic E-state index is 3.72. The van der Waals surface area contributed by atoms with E-state index in [4.69, 9.17) is 0 Å². The van der Waals surface area contributed by atoms with Crippen molar-refractivity contribution in [1.82, 2.24) is 10.2 Å². The van der Waals surface area contributed by atoms with Crippen LogP contribution in [0.3, 0.4) is 0 Å². The van der Waals surface area contributed by atoms with Gasteiger partial charge in [0.25, 0.3) is 0 Å². The van der Waals surface area contributed by atoms with Crippen molar-refractivity contribution in [1.29, 1.82) is 0 Å². The molecule has 0 aliphatic carbocycles. The molecular formula is C16H32N2. The maximum atomic E-state index is 3.72. The summed E-state index contributed by atoms with van der Waals surface area (Å²) in [7, 11) is 0. The molecule has 0 aromatic carbocycles. The van der Waals surface area contributed by atoms with Gasteiger partial charge in [0.05, 0.1) is 0 Å². The second-order valence-corrected chi connectivity index (χ2v) is 5.78. The molecule has 1 unspecified atom stereocenters. The van der Waals surface area contributed by atoms with E-state index in [1.807, 2.05) is 0 Å². The molecule has 0 aromatic rings. The average Bonchev–Trinajstić information content (AvgIpc) is 2.85. The molecule has 106 valence electrons. The van der Waals surface area contributed by atoms with Gasteiger partial charge in [-0.05, 0) is 59.2 Å².